The molecule has 0 amide bonds. The Balaban J connectivity index is 0.00000240. The van der Waals surface area contributed by atoms with Gasteiger partial charge < -0.3 is 20.3 Å². The summed E-state index contributed by atoms with van der Waals surface area (Å²) >= 11 is 1.65. The van der Waals surface area contributed by atoms with E-state index in [-0.39, 0.29) is 29.9 Å². The van der Waals surface area contributed by atoms with Crippen LogP contribution in [0.4, 0.5) is 5.13 Å². The maximum Gasteiger partial charge on any atom is 0.339 e. The van der Waals surface area contributed by atoms with Crippen LogP contribution in [-0.4, -0.2) is 60.1 Å². The van der Waals surface area contributed by atoms with Gasteiger partial charge in [-0.3, -0.25) is 4.98 Å². The van der Waals surface area contributed by atoms with Gasteiger partial charge in [0.25, 0.3) is 0 Å². The Hall–Kier alpha value is -1.95. The number of guanidine groups is 1. The number of pyridine rings is 1. The molecule has 4 rings (SSSR count). The molecule has 0 unspecified atom stereocenters. The minimum atomic E-state index is -0.331. The average Bonchev–Trinajstić information content (AvgIpc) is 3.45. The largest absolute Gasteiger partial charge is 0.465 e. The summed E-state index contributed by atoms with van der Waals surface area (Å²) in [6, 6.07) is 3.62. The topological polar surface area (TPSA) is 96.9 Å². The fraction of sp³-hybridized carbons (Fsp3) is 0.474. The van der Waals surface area contributed by atoms with Crippen LogP contribution in [-0.2, 0) is 11.3 Å². The lowest BCUT2D eigenvalue weighted by molar-refractivity contribution is 0.0598. The highest BCUT2D eigenvalue weighted by atomic mass is 127. The van der Waals surface area contributed by atoms with Crippen LogP contribution >= 0.6 is 35.3 Å². The lowest BCUT2D eigenvalue weighted by atomic mass is 10.1. The zero-order chi connectivity index (χ0) is 19.5. The normalized spacial score (nSPS) is 17.1. The third-order valence-electron chi connectivity index (χ3n) is 5.05. The maximum atomic E-state index is 11.9. The molecule has 29 heavy (non-hydrogen) atoms. The number of hydrogen-bond acceptors (Lipinski definition) is 7. The second-order valence-electron chi connectivity index (χ2n) is 6.96. The van der Waals surface area contributed by atoms with Crippen LogP contribution in [0.1, 0.15) is 40.5 Å². The van der Waals surface area contributed by atoms with Gasteiger partial charge in [0.15, 0.2) is 11.1 Å². The summed E-state index contributed by atoms with van der Waals surface area (Å²) in [5, 5.41) is 3.05. The first-order valence-electron chi connectivity index (χ1n) is 9.43. The summed E-state index contributed by atoms with van der Waals surface area (Å²) in [4.78, 5) is 29.9. The van der Waals surface area contributed by atoms with E-state index in [4.69, 9.17) is 10.5 Å². The van der Waals surface area contributed by atoms with Crippen molar-refractivity contribution in [2.24, 2.45) is 10.7 Å². The first kappa shape index (κ1) is 21.8. The highest BCUT2D eigenvalue weighted by Crippen LogP contribution is 2.40. The first-order chi connectivity index (χ1) is 13.7. The van der Waals surface area contributed by atoms with Gasteiger partial charge in [0.2, 0.25) is 0 Å². The van der Waals surface area contributed by atoms with E-state index in [0.717, 1.165) is 55.5 Å². The Kier molecular flexibility index (Phi) is 7.28. The van der Waals surface area contributed by atoms with Gasteiger partial charge in [-0.2, -0.15) is 0 Å². The van der Waals surface area contributed by atoms with Crippen molar-refractivity contribution in [3.63, 3.8) is 0 Å². The number of aromatic nitrogens is 2. The zero-order valence-electron chi connectivity index (χ0n) is 16.3. The number of rotatable bonds is 5. The monoisotopic (exact) mass is 528 g/mol. The van der Waals surface area contributed by atoms with E-state index in [1.165, 1.54) is 7.11 Å². The Morgan fingerprint density at radius 2 is 2.07 bits per heavy atom. The molecular weight excluding hydrogens is 503 g/mol. The van der Waals surface area contributed by atoms with E-state index in [9.17, 15) is 4.79 Å². The second kappa shape index (κ2) is 9.70. The van der Waals surface area contributed by atoms with Gasteiger partial charge in [-0.05, 0) is 25.0 Å². The standard InChI is InChI=1S/C19H24N6O2S.HI/c1-27-17(26)15-5-4-14(23-16(15)13-2-3-13)12-22-18(20)24-7-9-25(10-8-24)19-21-6-11-28-19;/h4-6,11,13H,2-3,7-10,12H2,1H3,(H2,20,22);1H. The van der Waals surface area contributed by atoms with Crippen molar-refractivity contribution in [1.29, 1.82) is 0 Å². The number of methoxy groups -OCH3 is 1. The van der Waals surface area contributed by atoms with Crippen molar-refractivity contribution in [2.75, 3.05) is 38.2 Å². The smallest absolute Gasteiger partial charge is 0.339 e. The fourth-order valence-electron chi connectivity index (χ4n) is 3.32. The number of carbonyl (C=O) groups excluding carboxylic acids is 1. The number of carbonyl (C=O) groups is 1. The molecule has 0 aromatic carbocycles. The van der Waals surface area contributed by atoms with E-state index < -0.39 is 0 Å². The number of esters is 1. The van der Waals surface area contributed by atoms with Crippen molar-refractivity contribution < 1.29 is 9.53 Å². The molecule has 1 aliphatic heterocycles. The number of piperazine rings is 1. The molecule has 2 aromatic rings. The Morgan fingerprint density at radius 3 is 2.69 bits per heavy atom. The molecule has 0 bridgehead atoms. The SMILES string of the molecule is COC(=O)c1ccc(CN=C(N)N2CCN(c3nccs3)CC2)nc1C1CC1.I. The van der Waals surface area contributed by atoms with Crippen LogP contribution < -0.4 is 10.6 Å². The second-order valence-corrected chi connectivity index (χ2v) is 7.84. The maximum absolute atomic E-state index is 11.9. The van der Waals surface area contributed by atoms with E-state index in [1.54, 1.807) is 17.4 Å². The van der Waals surface area contributed by atoms with E-state index in [0.29, 0.717) is 24.0 Å². The first-order valence-corrected chi connectivity index (χ1v) is 10.3. The third-order valence-corrected chi connectivity index (χ3v) is 5.88. The van der Waals surface area contributed by atoms with Gasteiger partial charge in [0, 0.05) is 43.7 Å². The summed E-state index contributed by atoms with van der Waals surface area (Å²) in [5.74, 6) is 0.557. The van der Waals surface area contributed by atoms with Gasteiger partial charge in [0.1, 0.15) is 0 Å². The number of hydrogen-bond donors (Lipinski definition) is 1. The predicted octanol–water partition coefficient (Wildman–Crippen LogP) is 2.46. The van der Waals surface area contributed by atoms with Crippen LogP contribution in [0.15, 0.2) is 28.7 Å². The predicted molar refractivity (Wildman–Crippen MR) is 124 cm³/mol. The van der Waals surface area contributed by atoms with Crippen molar-refractivity contribution in [1.82, 2.24) is 14.9 Å². The average molecular weight is 528 g/mol. The van der Waals surface area contributed by atoms with Crippen molar-refractivity contribution in [3.05, 3.63) is 40.7 Å². The van der Waals surface area contributed by atoms with Crippen molar-refractivity contribution in [3.8, 4) is 0 Å². The van der Waals surface area contributed by atoms with Gasteiger partial charge >= 0.3 is 5.97 Å². The van der Waals surface area contributed by atoms with Crippen LogP contribution in [0, 0.1) is 0 Å². The summed E-state index contributed by atoms with van der Waals surface area (Å²) in [6.07, 6.45) is 3.96. The molecule has 0 spiro atoms. The van der Waals surface area contributed by atoms with E-state index >= 15 is 0 Å². The lowest BCUT2D eigenvalue weighted by Crippen LogP contribution is -2.51. The fourth-order valence-corrected chi connectivity index (χ4v) is 4.01. The highest BCUT2D eigenvalue weighted by Gasteiger charge is 2.30. The summed E-state index contributed by atoms with van der Waals surface area (Å²) < 4.78 is 4.87. The summed E-state index contributed by atoms with van der Waals surface area (Å²) in [6.45, 7) is 3.79. The number of anilines is 1. The molecule has 156 valence electrons. The van der Waals surface area contributed by atoms with E-state index in [1.807, 2.05) is 17.6 Å². The van der Waals surface area contributed by atoms with Gasteiger partial charge in [-0.15, -0.1) is 35.3 Å². The number of aliphatic imine (C=N–C) groups is 1. The van der Waals surface area contributed by atoms with Crippen LogP contribution in [0.5, 0.6) is 0 Å². The molecule has 1 aliphatic carbocycles. The molecule has 1 saturated carbocycles. The van der Waals surface area contributed by atoms with Gasteiger partial charge in [-0.1, -0.05) is 0 Å². The molecule has 2 N–H and O–H groups in total. The quantitative estimate of drug-likeness (QED) is 0.276. The number of nitrogens with two attached hydrogens (primary N) is 1. The van der Waals surface area contributed by atoms with Crippen LogP contribution in [0.25, 0.3) is 0 Å². The Labute approximate surface area is 191 Å². The molecular formula is C19H25IN6O2S. The number of nitrogens with zero attached hydrogens (tertiary/aromatic N) is 5. The molecule has 8 nitrogen and oxygen atoms in total. The molecule has 2 fully saturated rings. The molecule has 3 heterocycles. The molecule has 10 heteroatoms. The highest BCUT2D eigenvalue weighted by molar-refractivity contribution is 14.0. The summed E-state index contributed by atoms with van der Waals surface area (Å²) in [7, 11) is 1.40. The number of ether oxygens (including phenoxy) is 1. The number of thiazole rings is 1. The Bertz CT molecular complexity index is 864. The Morgan fingerprint density at radius 1 is 1.31 bits per heavy atom. The van der Waals surface area contributed by atoms with Crippen LogP contribution in [0.2, 0.25) is 0 Å². The molecule has 2 aliphatic rings. The minimum Gasteiger partial charge on any atom is -0.465 e. The molecule has 1 saturated heterocycles. The minimum absolute atomic E-state index is 0. The third kappa shape index (κ3) is 5.16. The van der Waals surface area contributed by atoms with Crippen molar-refractivity contribution in [2.45, 2.75) is 25.3 Å². The van der Waals surface area contributed by atoms with Crippen LogP contribution in [0.3, 0.4) is 0 Å². The zero-order valence-corrected chi connectivity index (χ0v) is 19.4. The van der Waals surface area contributed by atoms with Crippen molar-refractivity contribution >= 4 is 52.4 Å². The number of halogens is 1. The van der Waals surface area contributed by atoms with Gasteiger partial charge in [0.05, 0.1) is 30.6 Å². The molecule has 2 aromatic heterocycles. The van der Waals surface area contributed by atoms with E-state index in [2.05, 4.69) is 24.8 Å². The summed E-state index contributed by atoms with van der Waals surface area (Å²) in [5.41, 5.74) is 8.42. The van der Waals surface area contributed by atoms with Gasteiger partial charge in [-0.25, -0.2) is 14.8 Å². The molecule has 0 radical (unpaired) electrons. The molecule has 0 atom stereocenters. The lowest BCUT2D eigenvalue weighted by Gasteiger charge is -2.35.